The van der Waals surface area contributed by atoms with Crippen molar-refractivity contribution in [2.24, 2.45) is 5.92 Å². The summed E-state index contributed by atoms with van der Waals surface area (Å²) >= 11 is 0. The number of aryl methyl sites for hydroxylation is 1. The molecule has 2 aliphatic rings. The maximum absolute atomic E-state index is 2.45. The highest BCUT2D eigenvalue weighted by Gasteiger charge is 2.41. The standard InChI is InChI=1S/C13H14/c1-8-4-3-5-11-9(2)6-10-7-12(10)13(8)11/h3-6,10,12H,7H2,1-2H3. The van der Waals surface area contributed by atoms with Gasteiger partial charge in [0.2, 0.25) is 0 Å². The Morgan fingerprint density at radius 3 is 2.92 bits per heavy atom. The molecule has 0 N–H and O–H groups in total. The predicted molar refractivity (Wildman–Crippen MR) is 55.7 cm³/mol. The lowest BCUT2D eigenvalue weighted by Gasteiger charge is -2.16. The molecule has 2 unspecified atom stereocenters. The number of rotatable bonds is 0. The third kappa shape index (κ3) is 0.918. The molecule has 3 rings (SSSR count). The summed E-state index contributed by atoms with van der Waals surface area (Å²) < 4.78 is 0. The zero-order valence-electron chi connectivity index (χ0n) is 8.17. The molecule has 0 bridgehead atoms. The van der Waals surface area contributed by atoms with Crippen LogP contribution in [0.3, 0.4) is 0 Å². The van der Waals surface area contributed by atoms with E-state index in [1.807, 2.05) is 0 Å². The minimum Gasteiger partial charge on any atom is -0.0772 e. The number of hydrogen-bond donors (Lipinski definition) is 0. The van der Waals surface area contributed by atoms with Crippen LogP contribution >= 0.6 is 0 Å². The van der Waals surface area contributed by atoms with Crippen LogP contribution in [0.15, 0.2) is 24.3 Å². The summed E-state index contributed by atoms with van der Waals surface area (Å²) in [5.74, 6) is 1.73. The van der Waals surface area contributed by atoms with E-state index in [0.29, 0.717) is 0 Å². The second kappa shape index (κ2) is 2.25. The van der Waals surface area contributed by atoms with Crippen molar-refractivity contribution in [3.8, 4) is 0 Å². The van der Waals surface area contributed by atoms with Crippen molar-refractivity contribution >= 4 is 5.57 Å². The van der Waals surface area contributed by atoms with Crippen molar-refractivity contribution in [3.05, 3.63) is 41.0 Å². The summed E-state index contributed by atoms with van der Waals surface area (Å²) in [4.78, 5) is 0. The van der Waals surface area contributed by atoms with Gasteiger partial charge in [-0.15, -0.1) is 0 Å². The molecule has 0 saturated heterocycles. The normalized spacial score (nSPS) is 28.9. The lowest BCUT2D eigenvalue weighted by atomic mass is 9.89. The Morgan fingerprint density at radius 2 is 2.08 bits per heavy atom. The zero-order chi connectivity index (χ0) is 9.00. The molecule has 1 saturated carbocycles. The minimum atomic E-state index is 0.861. The first-order valence-electron chi connectivity index (χ1n) is 5.05. The Hall–Kier alpha value is -1.04. The van der Waals surface area contributed by atoms with Crippen LogP contribution in [0.25, 0.3) is 5.57 Å². The summed E-state index contributed by atoms with van der Waals surface area (Å²) in [5.41, 5.74) is 6.10. The van der Waals surface area contributed by atoms with Gasteiger partial charge in [0.15, 0.2) is 0 Å². The number of hydrogen-bond acceptors (Lipinski definition) is 0. The first kappa shape index (κ1) is 7.37. The third-order valence-corrected chi connectivity index (χ3v) is 3.42. The predicted octanol–water partition coefficient (Wildman–Crippen LogP) is 3.52. The van der Waals surface area contributed by atoms with E-state index in [2.05, 4.69) is 38.1 Å². The van der Waals surface area contributed by atoms with Crippen LogP contribution in [-0.2, 0) is 0 Å². The van der Waals surface area contributed by atoms with E-state index >= 15 is 0 Å². The second-order valence-electron chi connectivity index (χ2n) is 4.39. The maximum Gasteiger partial charge on any atom is -0.00841 e. The molecule has 2 atom stereocenters. The molecular formula is C13H14. The van der Waals surface area contributed by atoms with Crippen molar-refractivity contribution in [3.63, 3.8) is 0 Å². The molecule has 0 amide bonds. The van der Waals surface area contributed by atoms with Crippen molar-refractivity contribution in [2.45, 2.75) is 26.2 Å². The van der Waals surface area contributed by atoms with Crippen LogP contribution in [0, 0.1) is 12.8 Å². The van der Waals surface area contributed by atoms with Gasteiger partial charge in [-0.3, -0.25) is 0 Å². The zero-order valence-corrected chi connectivity index (χ0v) is 8.17. The molecule has 1 aromatic rings. The third-order valence-electron chi connectivity index (χ3n) is 3.42. The smallest absolute Gasteiger partial charge is 0.00841 e. The highest BCUT2D eigenvalue weighted by molar-refractivity contribution is 5.72. The summed E-state index contributed by atoms with van der Waals surface area (Å²) in [5, 5.41) is 0. The fourth-order valence-corrected chi connectivity index (χ4v) is 2.66. The van der Waals surface area contributed by atoms with E-state index in [9.17, 15) is 0 Å². The second-order valence-corrected chi connectivity index (χ2v) is 4.39. The monoisotopic (exact) mass is 170 g/mol. The lowest BCUT2D eigenvalue weighted by molar-refractivity contribution is 0.971. The number of fused-ring (bicyclic) bond motifs is 3. The van der Waals surface area contributed by atoms with Crippen LogP contribution < -0.4 is 0 Å². The maximum atomic E-state index is 2.45. The topological polar surface area (TPSA) is 0 Å². The van der Waals surface area contributed by atoms with E-state index in [1.54, 1.807) is 5.56 Å². The van der Waals surface area contributed by atoms with Gasteiger partial charge in [0.25, 0.3) is 0 Å². The van der Waals surface area contributed by atoms with Crippen molar-refractivity contribution < 1.29 is 0 Å². The number of benzene rings is 1. The van der Waals surface area contributed by atoms with E-state index in [0.717, 1.165) is 11.8 Å². The molecule has 0 aromatic heterocycles. The van der Waals surface area contributed by atoms with E-state index in [4.69, 9.17) is 0 Å². The van der Waals surface area contributed by atoms with Gasteiger partial charge in [0.05, 0.1) is 0 Å². The highest BCUT2D eigenvalue weighted by atomic mass is 14.4. The summed E-state index contributed by atoms with van der Waals surface area (Å²) in [6.45, 7) is 4.49. The molecule has 2 aliphatic carbocycles. The van der Waals surface area contributed by atoms with E-state index in [1.165, 1.54) is 23.1 Å². The van der Waals surface area contributed by atoms with Gasteiger partial charge in [-0.05, 0) is 54.4 Å². The first-order chi connectivity index (χ1) is 6.27. The molecule has 0 heteroatoms. The summed E-state index contributed by atoms with van der Waals surface area (Å²) in [7, 11) is 0. The van der Waals surface area contributed by atoms with Crippen LogP contribution in [0.5, 0.6) is 0 Å². The van der Waals surface area contributed by atoms with Crippen LogP contribution in [-0.4, -0.2) is 0 Å². The molecule has 13 heavy (non-hydrogen) atoms. The molecule has 66 valence electrons. The van der Waals surface area contributed by atoms with Gasteiger partial charge in [-0.2, -0.15) is 0 Å². The molecule has 0 heterocycles. The molecular weight excluding hydrogens is 156 g/mol. The van der Waals surface area contributed by atoms with Crippen LogP contribution in [0.4, 0.5) is 0 Å². The Balaban J connectivity index is 2.29. The van der Waals surface area contributed by atoms with Crippen LogP contribution in [0.2, 0.25) is 0 Å². The van der Waals surface area contributed by atoms with Crippen LogP contribution in [0.1, 0.15) is 36.0 Å². The lowest BCUT2D eigenvalue weighted by Crippen LogP contribution is -1.98. The SMILES string of the molecule is CC1=CC2CC2c2c(C)cccc21. The summed E-state index contributed by atoms with van der Waals surface area (Å²) in [6.07, 6.45) is 3.83. The fourth-order valence-electron chi connectivity index (χ4n) is 2.66. The van der Waals surface area contributed by atoms with E-state index in [-0.39, 0.29) is 0 Å². The van der Waals surface area contributed by atoms with Gasteiger partial charge >= 0.3 is 0 Å². The van der Waals surface area contributed by atoms with Crippen molar-refractivity contribution in [1.82, 2.24) is 0 Å². The van der Waals surface area contributed by atoms with Crippen molar-refractivity contribution in [1.29, 1.82) is 0 Å². The first-order valence-corrected chi connectivity index (χ1v) is 5.05. The molecule has 0 nitrogen and oxygen atoms in total. The molecule has 1 aromatic carbocycles. The number of allylic oxidation sites excluding steroid dienone is 2. The largest absolute Gasteiger partial charge is 0.0772 e. The van der Waals surface area contributed by atoms with Gasteiger partial charge in [-0.25, -0.2) is 0 Å². The summed E-state index contributed by atoms with van der Waals surface area (Å²) in [6, 6.07) is 6.68. The molecule has 0 radical (unpaired) electrons. The Morgan fingerprint density at radius 1 is 1.23 bits per heavy atom. The Bertz CT molecular complexity index is 398. The van der Waals surface area contributed by atoms with Gasteiger partial charge in [0, 0.05) is 0 Å². The highest BCUT2D eigenvalue weighted by Crippen LogP contribution is 2.55. The fraction of sp³-hybridized carbons (Fsp3) is 0.385. The Kier molecular flexibility index (Phi) is 1.28. The molecule has 0 spiro atoms. The average molecular weight is 170 g/mol. The van der Waals surface area contributed by atoms with E-state index < -0.39 is 0 Å². The van der Waals surface area contributed by atoms with Gasteiger partial charge in [-0.1, -0.05) is 24.3 Å². The molecule has 1 fully saturated rings. The van der Waals surface area contributed by atoms with Crippen molar-refractivity contribution in [2.75, 3.05) is 0 Å². The molecule has 0 aliphatic heterocycles. The minimum absolute atomic E-state index is 0.861. The quantitative estimate of drug-likeness (QED) is 0.559. The van der Waals surface area contributed by atoms with Gasteiger partial charge in [0.1, 0.15) is 0 Å². The average Bonchev–Trinajstić information content (AvgIpc) is 2.83. The Labute approximate surface area is 79.3 Å². The van der Waals surface area contributed by atoms with Gasteiger partial charge < -0.3 is 0 Å².